The van der Waals surface area contributed by atoms with Crippen LogP contribution in [-0.2, 0) is 6.42 Å². The van der Waals surface area contributed by atoms with E-state index >= 15 is 0 Å². The summed E-state index contributed by atoms with van der Waals surface area (Å²) in [6, 6.07) is 17.2. The molecule has 11 heteroatoms. The number of fused-ring (bicyclic) bond motifs is 2. The molecule has 1 aliphatic rings. The summed E-state index contributed by atoms with van der Waals surface area (Å²) in [4.78, 5) is 31.4. The first-order valence-corrected chi connectivity index (χ1v) is 13.2. The van der Waals surface area contributed by atoms with Gasteiger partial charge in [0.2, 0.25) is 0 Å². The average Bonchev–Trinajstić information content (AvgIpc) is 3.72. The van der Waals surface area contributed by atoms with Gasteiger partial charge < -0.3 is 16.8 Å². The van der Waals surface area contributed by atoms with Crippen molar-refractivity contribution < 1.29 is 4.79 Å². The van der Waals surface area contributed by atoms with Gasteiger partial charge in [0.15, 0.2) is 17.3 Å². The van der Waals surface area contributed by atoms with E-state index in [2.05, 4.69) is 32.5 Å². The van der Waals surface area contributed by atoms with Crippen LogP contribution in [-0.4, -0.2) is 40.2 Å². The number of benzene rings is 1. The van der Waals surface area contributed by atoms with Crippen LogP contribution < -0.4 is 16.8 Å². The molecule has 1 aromatic carbocycles. The van der Waals surface area contributed by atoms with Gasteiger partial charge in [0, 0.05) is 41.9 Å². The molecule has 0 bridgehead atoms. The molecule has 5 heterocycles. The van der Waals surface area contributed by atoms with E-state index in [0.29, 0.717) is 45.4 Å². The van der Waals surface area contributed by atoms with Crippen LogP contribution in [0.1, 0.15) is 39.6 Å². The summed E-state index contributed by atoms with van der Waals surface area (Å²) >= 11 is 0. The monoisotopic (exact) mass is 542 g/mol. The molecule has 5 aromatic heterocycles. The van der Waals surface area contributed by atoms with Crippen molar-refractivity contribution in [3.63, 3.8) is 0 Å². The highest BCUT2D eigenvalue weighted by Gasteiger charge is 2.27. The molecular weight excluding hydrogens is 516 g/mol. The maximum atomic E-state index is 13.0. The number of carbonyl (C=O) groups is 1. The van der Waals surface area contributed by atoms with E-state index < -0.39 is 0 Å². The summed E-state index contributed by atoms with van der Waals surface area (Å²) in [6.45, 7) is 1.84. The quantitative estimate of drug-likeness (QED) is 0.296. The lowest BCUT2D eigenvalue weighted by Crippen LogP contribution is -2.28. The Labute approximate surface area is 234 Å². The lowest BCUT2D eigenvalue weighted by molar-refractivity contribution is 0.0937. The van der Waals surface area contributed by atoms with Gasteiger partial charge in [-0.3, -0.25) is 14.3 Å². The summed E-state index contributed by atoms with van der Waals surface area (Å²) in [7, 11) is 0. The molecule has 0 spiro atoms. The Morgan fingerprint density at radius 3 is 2.73 bits per heavy atom. The van der Waals surface area contributed by atoms with E-state index in [-0.39, 0.29) is 11.9 Å². The number of nitrogens with two attached hydrogens (primary N) is 2. The number of rotatable bonds is 5. The van der Waals surface area contributed by atoms with Crippen molar-refractivity contribution in [2.24, 2.45) is 0 Å². The number of hydrogen-bond donors (Lipinski definition) is 3. The number of nitrogens with one attached hydrogen (secondary N) is 1. The zero-order chi connectivity index (χ0) is 28.1. The second-order valence-electron chi connectivity index (χ2n) is 10.0. The molecule has 0 saturated heterocycles. The predicted octanol–water partition coefficient (Wildman–Crippen LogP) is 3.95. The van der Waals surface area contributed by atoms with Crippen molar-refractivity contribution in [3.8, 4) is 22.9 Å². The second kappa shape index (κ2) is 9.56. The SMILES string of the molecule is Cc1cc(N)c(C(=O)N[C@H]2CCc3cc(-n4c(-c5cccnc5N)nc5ccc(-n6cccn6)nc54)ccc32)cn1. The summed E-state index contributed by atoms with van der Waals surface area (Å²) < 4.78 is 3.71. The van der Waals surface area contributed by atoms with Gasteiger partial charge in [-0.2, -0.15) is 5.10 Å². The lowest BCUT2D eigenvalue weighted by atomic mass is 10.1. The Balaban J connectivity index is 1.30. The number of pyridine rings is 3. The first-order chi connectivity index (χ1) is 20.0. The van der Waals surface area contributed by atoms with E-state index in [4.69, 9.17) is 21.4 Å². The number of aryl methyl sites for hydroxylation is 2. The fourth-order valence-corrected chi connectivity index (χ4v) is 5.41. The molecule has 5 N–H and O–H groups in total. The molecule has 41 heavy (non-hydrogen) atoms. The highest BCUT2D eigenvalue weighted by atomic mass is 16.1. The highest BCUT2D eigenvalue weighted by molar-refractivity contribution is 5.99. The number of anilines is 2. The number of nitrogens with zero attached hydrogens (tertiary/aromatic N) is 7. The predicted molar refractivity (Wildman–Crippen MR) is 156 cm³/mol. The Morgan fingerprint density at radius 2 is 1.93 bits per heavy atom. The molecule has 0 saturated carbocycles. The van der Waals surface area contributed by atoms with Crippen LogP contribution in [0.2, 0.25) is 0 Å². The van der Waals surface area contributed by atoms with Gasteiger partial charge in [0.1, 0.15) is 11.3 Å². The van der Waals surface area contributed by atoms with Gasteiger partial charge >= 0.3 is 0 Å². The second-order valence-corrected chi connectivity index (χ2v) is 10.0. The Bertz CT molecular complexity index is 1940. The summed E-state index contributed by atoms with van der Waals surface area (Å²) in [5.41, 5.74) is 19.1. The van der Waals surface area contributed by atoms with Gasteiger partial charge in [-0.05, 0) is 79.4 Å². The van der Waals surface area contributed by atoms with E-state index in [1.165, 1.54) is 6.20 Å². The van der Waals surface area contributed by atoms with Gasteiger partial charge in [-0.25, -0.2) is 19.6 Å². The van der Waals surface area contributed by atoms with E-state index in [1.54, 1.807) is 23.1 Å². The standard InChI is InChI=1S/C30H26N10O/c1-17-14-23(31)22(16-34-17)30(41)37-24-8-5-18-15-19(6-7-20(18)24)40-28(21-4-2-11-33-27(21)32)36-25-9-10-26(38-29(25)40)39-13-3-12-35-39/h2-4,6-7,9-16,24H,5,8H2,1H3,(H2,31,34)(H2,32,33)(H,37,41)/t24-/m0/s1. The van der Waals surface area contributed by atoms with Crippen molar-refractivity contribution in [2.45, 2.75) is 25.8 Å². The van der Waals surface area contributed by atoms with Crippen LogP contribution in [0.3, 0.4) is 0 Å². The summed E-state index contributed by atoms with van der Waals surface area (Å²) in [6.07, 6.45) is 8.32. The molecule has 202 valence electrons. The van der Waals surface area contributed by atoms with Crippen LogP contribution in [0.4, 0.5) is 11.5 Å². The Kier molecular flexibility index (Phi) is 5.70. The number of imidazole rings is 1. The lowest BCUT2D eigenvalue weighted by Gasteiger charge is -2.16. The minimum Gasteiger partial charge on any atom is -0.398 e. The molecule has 1 aliphatic carbocycles. The van der Waals surface area contributed by atoms with Crippen molar-refractivity contribution in [3.05, 3.63) is 102 Å². The van der Waals surface area contributed by atoms with Crippen molar-refractivity contribution in [1.29, 1.82) is 0 Å². The molecule has 1 atom stereocenters. The largest absolute Gasteiger partial charge is 0.398 e. The van der Waals surface area contributed by atoms with Crippen molar-refractivity contribution in [1.82, 2.24) is 39.6 Å². The van der Waals surface area contributed by atoms with Gasteiger partial charge in [0.05, 0.1) is 17.2 Å². The van der Waals surface area contributed by atoms with Crippen molar-refractivity contribution >= 4 is 28.6 Å². The molecule has 7 rings (SSSR count). The number of carbonyl (C=O) groups excluding carboxylic acids is 1. The van der Waals surface area contributed by atoms with Crippen LogP contribution in [0.5, 0.6) is 0 Å². The summed E-state index contributed by atoms with van der Waals surface area (Å²) in [5.74, 6) is 1.46. The normalized spacial score (nSPS) is 14.3. The summed E-state index contributed by atoms with van der Waals surface area (Å²) in [5, 5.41) is 7.47. The number of nitrogen functional groups attached to an aromatic ring is 2. The first-order valence-electron chi connectivity index (χ1n) is 13.2. The van der Waals surface area contributed by atoms with Crippen LogP contribution in [0.15, 0.2) is 79.4 Å². The van der Waals surface area contributed by atoms with Gasteiger partial charge in [0.25, 0.3) is 5.91 Å². The molecule has 0 unspecified atom stereocenters. The molecule has 0 radical (unpaired) electrons. The average molecular weight is 543 g/mol. The third-order valence-electron chi connectivity index (χ3n) is 7.39. The number of hydrogen-bond acceptors (Lipinski definition) is 8. The molecule has 0 fully saturated rings. The number of aromatic nitrogens is 7. The topological polar surface area (TPSA) is 155 Å². The Morgan fingerprint density at radius 1 is 1.02 bits per heavy atom. The van der Waals surface area contributed by atoms with Crippen LogP contribution in [0, 0.1) is 6.92 Å². The molecular formula is C30H26N10O. The third-order valence-corrected chi connectivity index (χ3v) is 7.39. The molecule has 0 aliphatic heterocycles. The van der Waals surface area contributed by atoms with Crippen LogP contribution >= 0.6 is 0 Å². The number of amides is 1. The fraction of sp³-hybridized carbons (Fsp3) is 0.133. The molecule has 6 aromatic rings. The maximum absolute atomic E-state index is 13.0. The van der Waals surface area contributed by atoms with Crippen molar-refractivity contribution in [2.75, 3.05) is 11.5 Å². The van der Waals surface area contributed by atoms with E-state index in [1.807, 2.05) is 54.1 Å². The minimum absolute atomic E-state index is 0.134. The highest BCUT2D eigenvalue weighted by Crippen LogP contribution is 2.36. The maximum Gasteiger partial charge on any atom is 0.255 e. The fourth-order valence-electron chi connectivity index (χ4n) is 5.41. The van der Waals surface area contributed by atoms with E-state index in [0.717, 1.165) is 35.3 Å². The molecule has 11 nitrogen and oxygen atoms in total. The Hall–Kier alpha value is -5.58. The third kappa shape index (κ3) is 4.24. The zero-order valence-electron chi connectivity index (χ0n) is 22.2. The van der Waals surface area contributed by atoms with Gasteiger partial charge in [-0.15, -0.1) is 0 Å². The smallest absolute Gasteiger partial charge is 0.255 e. The van der Waals surface area contributed by atoms with E-state index in [9.17, 15) is 4.79 Å². The van der Waals surface area contributed by atoms with Crippen LogP contribution in [0.25, 0.3) is 34.1 Å². The molecule has 1 amide bonds. The first kappa shape index (κ1) is 24.5. The minimum atomic E-state index is -0.234. The zero-order valence-corrected chi connectivity index (χ0v) is 22.2. The van der Waals surface area contributed by atoms with Gasteiger partial charge in [-0.1, -0.05) is 6.07 Å².